The van der Waals surface area contributed by atoms with E-state index < -0.39 is 0 Å². The molecule has 0 unspecified atom stereocenters. The summed E-state index contributed by atoms with van der Waals surface area (Å²) < 4.78 is 0. The summed E-state index contributed by atoms with van der Waals surface area (Å²) >= 11 is 0. The van der Waals surface area contributed by atoms with Crippen molar-refractivity contribution in [2.24, 2.45) is 11.1 Å². The molecule has 14 heavy (non-hydrogen) atoms. The van der Waals surface area contributed by atoms with Crippen molar-refractivity contribution < 1.29 is 0 Å². The van der Waals surface area contributed by atoms with Crippen LogP contribution in [-0.2, 0) is 0 Å². The van der Waals surface area contributed by atoms with E-state index in [0.29, 0.717) is 5.41 Å². The van der Waals surface area contributed by atoms with Crippen molar-refractivity contribution in [3.05, 3.63) is 0 Å². The van der Waals surface area contributed by atoms with Crippen molar-refractivity contribution in [2.75, 3.05) is 20.1 Å². The maximum absolute atomic E-state index is 5.67. The largest absolute Gasteiger partial charge is 0.330 e. The predicted octanol–water partition coefficient (Wildman–Crippen LogP) is 1.99. The second kappa shape index (κ2) is 4.19. The molecule has 2 nitrogen and oxygen atoms in total. The first-order chi connectivity index (χ1) is 6.76. The molecule has 2 aliphatic carbocycles. The van der Waals surface area contributed by atoms with Crippen molar-refractivity contribution in [3.8, 4) is 0 Å². The minimum absolute atomic E-state index is 0.631. The second-order valence-electron chi connectivity index (χ2n) is 5.39. The lowest BCUT2D eigenvalue weighted by Crippen LogP contribution is -2.35. The normalized spacial score (nSPS) is 25.9. The van der Waals surface area contributed by atoms with Crippen LogP contribution in [0.1, 0.15) is 44.9 Å². The number of hydrogen-bond donors (Lipinski definition) is 1. The van der Waals surface area contributed by atoms with Gasteiger partial charge in [0.05, 0.1) is 0 Å². The van der Waals surface area contributed by atoms with Crippen LogP contribution >= 0.6 is 0 Å². The third-order valence-electron chi connectivity index (χ3n) is 4.16. The molecule has 2 saturated carbocycles. The van der Waals surface area contributed by atoms with Crippen molar-refractivity contribution >= 4 is 0 Å². The van der Waals surface area contributed by atoms with E-state index in [0.717, 1.165) is 12.6 Å². The Morgan fingerprint density at radius 3 is 2.43 bits per heavy atom. The van der Waals surface area contributed by atoms with Crippen LogP contribution in [0.15, 0.2) is 0 Å². The fourth-order valence-corrected chi connectivity index (χ4v) is 2.97. The van der Waals surface area contributed by atoms with E-state index in [1.54, 1.807) is 0 Å². The zero-order valence-electron chi connectivity index (χ0n) is 9.47. The summed E-state index contributed by atoms with van der Waals surface area (Å²) in [4.78, 5) is 2.61. The van der Waals surface area contributed by atoms with E-state index in [1.165, 1.54) is 51.5 Å². The number of nitrogens with zero attached hydrogens (tertiary/aromatic N) is 1. The summed E-state index contributed by atoms with van der Waals surface area (Å²) in [6.45, 7) is 2.17. The van der Waals surface area contributed by atoms with Gasteiger partial charge in [-0.05, 0) is 51.1 Å². The van der Waals surface area contributed by atoms with Gasteiger partial charge >= 0.3 is 0 Å². The van der Waals surface area contributed by atoms with Gasteiger partial charge in [0.15, 0.2) is 0 Å². The fourth-order valence-electron chi connectivity index (χ4n) is 2.97. The predicted molar refractivity (Wildman–Crippen MR) is 60.2 cm³/mol. The van der Waals surface area contributed by atoms with Crippen molar-refractivity contribution in [1.82, 2.24) is 4.90 Å². The molecular weight excluding hydrogens is 172 g/mol. The average molecular weight is 196 g/mol. The van der Waals surface area contributed by atoms with E-state index in [4.69, 9.17) is 5.73 Å². The van der Waals surface area contributed by atoms with E-state index in [-0.39, 0.29) is 0 Å². The highest BCUT2D eigenvalue weighted by atomic mass is 15.1. The summed E-state index contributed by atoms with van der Waals surface area (Å²) in [5.41, 5.74) is 6.30. The first-order valence-corrected chi connectivity index (χ1v) is 6.16. The summed E-state index contributed by atoms with van der Waals surface area (Å²) in [5.74, 6) is 0. The Morgan fingerprint density at radius 2 is 1.93 bits per heavy atom. The molecule has 0 heterocycles. The van der Waals surface area contributed by atoms with Crippen molar-refractivity contribution in [1.29, 1.82) is 0 Å². The summed E-state index contributed by atoms with van der Waals surface area (Å²) in [6, 6.07) is 0.880. The molecule has 0 bridgehead atoms. The van der Waals surface area contributed by atoms with E-state index >= 15 is 0 Å². The Balaban J connectivity index is 1.78. The lowest BCUT2D eigenvalue weighted by Gasteiger charge is -2.28. The van der Waals surface area contributed by atoms with Crippen LogP contribution in [0.5, 0.6) is 0 Å². The molecule has 0 radical (unpaired) electrons. The third-order valence-corrected chi connectivity index (χ3v) is 4.16. The molecule has 0 amide bonds. The molecule has 0 saturated heterocycles. The highest BCUT2D eigenvalue weighted by Gasteiger charge is 2.43. The first kappa shape index (κ1) is 10.4. The molecule has 0 aromatic heterocycles. The molecule has 0 spiro atoms. The number of hydrogen-bond acceptors (Lipinski definition) is 2. The van der Waals surface area contributed by atoms with Crippen LogP contribution in [0, 0.1) is 5.41 Å². The molecular formula is C12H24N2. The maximum atomic E-state index is 5.67. The SMILES string of the molecule is CN(CC1(CCN)CC1)C1CCCC1. The van der Waals surface area contributed by atoms with Crippen LogP contribution in [0.3, 0.4) is 0 Å². The third kappa shape index (κ3) is 2.29. The Bertz CT molecular complexity index is 181. The van der Waals surface area contributed by atoms with Gasteiger partial charge in [0.25, 0.3) is 0 Å². The molecule has 2 N–H and O–H groups in total. The lowest BCUT2D eigenvalue weighted by atomic mass is 10.0. The van der Waals surface area contributed by atoms with Gasteiger partial charge in [0.2, 0.25) is 0 Å². The molecule has 2 fully saturated rings. The van der Waals surface area contributed by atoms with Gasteiger partial charge in [-0.2, -0.15) is 0 Å². The first-order valence-electron chi connectivity index (χ1n) is 6.16. The van der Waals surface area contributed by atoms with Crippen molar-refractivity contribution in [3.63, 3.8) is 0 Å². The van der Waals surface area contributed by atoms with Gasteiger partial charge in [-0.25, -0.2) is 0 Å². The van der Waals surface area contributed by atoms with Crippen molar-refractivity contribution in [2.45, 2.75) is 51.0 Å². The zero-order chi connectivity index (χ0) is 10.0. The van der Waals surface area contributed by atoms with Crippen LogP contribution in [0.25, 0.3) is 0 Å². The molecule has 0 atom stereocenters. The van der Waals surface area contributed by atoms with E-state index in [1.807, 2.05) is 0 Å². The molecule has 0 aromatic carbocycles. The molecule has 0 aromatic rings. The summed E-state index contributed by atoms with van der Waals surface area (Å²) in [5, 5.41) is 0. The molecule has 2 rings (SSSR count). The highest BCUT2D eigenvalue weighted by molar-refractivity contribution is 4.96. The number of rotatable bonds is 5. The lowest BCUT2D eigenvalue weighted by molar-refractivity contribution is 0.193. The van der Waals surface area contributed by atoms with Crippen LogP contribution in [0.2, 0.25) is 0 Å². The molecule has 2 heteroatoms. The van der Waals surface area contributed by atoms with Gasteiger partial charge in [-0.15, -0.1) is 0 Å². The summed E-state index contributed by atoms with van der Waals surface area (Å²) in [7, 11) is 2.31. The van der Waals surface area contributed by atoms with Gasteiger partial charge in [-0.3, -0.25) is 0 Å². The minimum Gasteiger partial charge on any atom is -0.330 e. The summed E-state index contributed by atoms with van der Waals surface area (Å²) in [6.07, 6.45) is 9.81. The monoisotopic (exact) mass is 196 g/mol. The Morgan fingerprint density at radius 1 is 1.29 bits per heavy atom. The Hall–Kier alpha value is -0.0800. The smallest absolute Gasteiger partial charge is 0.00924 e. The van der Waals surface area contributed by atoms with Gasteiger partial charge in [0, 0.05) is 12.6 Å². The Kier molecular flexibility index (Phi) is 3.13. The van der Waals surface area contributed by atoms with Crippen LogP contribution < -0.4 is 5.73 Å². The van der Waals surface area contributed by atoms with E-state index in [9.17, 15) is 0 Å². The number of nitrogens with two attached hydrogens (primary N) is 1. The fraction of sp³-hybridized carbons (Fsp3) is 1.00. The van der Waals surface area contributed by atoms with Gasteiger partial charge in [-0.1, -0.05) is 12.8 Å². The highest BCUT2D eigenvalue weighted by Crippen LogP contribution is 2.49. The van der Waals surface area contributed by atoms with Crippen LogP contribution in [-0.4, -0.2) is 31.1 Å². The zero-order valence-corrected chi connectivity index (χ0v) is 9.47. The maximum Gasteiger partial charge on any atom is 0.00924 e. The van der Waals surface area contributed by atoms with E-state index in [2.05, 4.69) is 11.9 Å². The minimum atomic E-state index is 0.631. The standard InChI is InChI=1S/C12H24N2/c1-14(11-4-2-3-5-11)10-12(6-7-12)8-9-13/h11H,2-10,13H2,1H3. The van der Waals surface area contributed by atoms with Gasteiger partial charge < -0.3 is 10.6 Å². The quantitative estimate of drug-likeness (QED) is 0.728. The Labute approximate surface area is 87.8 Å². The van der Waals surface area contributed by atoms with Gasteiger partial charge in [0.1, 0.15) is 0 Å². The van der Waals surface area contributed by atoms with Crippen LogP contribution in [0.4, 0.5) is 0 Å². The second-order valence-corrected chi connectivity index (χ2v) is 5.39. The molecule has 2 aliphatic rings. The average Bonchev–Trinajstić information content (AvgIpc) is 2.70. The molecule has 0 aliphatic heterocycles. The topological polar surface area (TPSA) is 29.3 Å². The molecule has 82 valence electrons.